The Morgan fingerprint density at radius 3 is 2.40 bits per heavy atom. The predicted molar refractivity (Wildman–Crippen MR) is 94.3 cm³/mol. The number of rotatable bonds is 8. The van der Waals surface area contributed by atoms with Crippen molar-refractivity contribution >= 4 is 11.8 Å². The minimum atomic E-state index is -4.34. The molecule has 0 aromatic heterocycles. The zero-order valence-corrected chi connectivity index (χ0v) is 15.0. The lowest BCUT2D eigenvalue weighted by Gasteiger charge is -2.18. The van der Waals surface area contributed by atoms with Crippen molar-refractivity contribution in [3.8, 4) is 5.75 Å². The number of alkyl halides is 3. The first kappa shape index (κ1) is 19.7. The fourth-order valence-corrected chi connectivity index (χ4v) is 3.22. The van der Waals surface area contributed by atoms with Gasteiger partial charge in [-0.3, -0.25) is 0 Å². The Bertz CT molecular complexity index is 656. The lowest BCUT2D eigenvalue weighted by atomic mass is 10.2. The van der Waals surface area contributed by atoms with Crippen LogP contribution in [0.1, 0.15) is 18.1 Å². The van der Waals surface area contributed by atoms with Crippen molar-refractivity contribution in [3.63, 3.8) is 0 Å². The van der Waals surface area contributed by atoms with E-state index in [0.717, 1.165) is 17.0 Å². The van der Waals surface area contributed by atoms with Gasteiger partial charge in [0.15, 0.2) is 0 Å². The van der Waals surface area contributed by atoms with Crippen LogP contribution in [0.2, 0.25) is 0 Å². The fraction of sp³-hybridized carbons (Fsp3) is 0.368. The molecule has 0 fully saturated rings. The van der Waals surface area contributed by atoms with Gasteiger partial charge >= 0.3 is 6.18 Å². The van der Waals surface area contributed by atoms with Gasteiger partial charge in [0, 0.05) is 17.3 Å². The summed E-state index contributed by atoms with van der Waals surface area (Å²) >= 11 is 1.67. The third kappa shape index (κ3) is 6.63. The van der Waals surface area contributed by atoms with Crippen LogP contribution >= 0.6 is 11.8 Å². The largest absolute Gasteiger partial charge is 0.491 e. The van der Waals surface area contributed by atoms with Crippen molar-refractivity contribution in [2.24, 2.45) is 0 Å². The van der Waals surface area contributed by atoms with Gasteiger partial charge in [-0.25, -0.2) is 0 Å². The maximum atomic E-state index is 12.6. The second-order valence-electron chi connectivity index (χ2n) is 5.54. The van der Waals surface area contributed by atoms with Crippen molar-refractivity contribution in [2.45, 2.75) is 31.0 Å². The van der Waals surface area contributed by atoms with Crippen LogP contribution < -0.4 is 4.74 Å². The van der Waals surface area contributed by atoms with Gasteiger partial charge in [-0.15, -0.1) is 11.8 Å². The van der Waals surface area contributed by atoms with E-state index in [4.69, 9.17) is 9.47 Å². The van der Waals surface area contributed by atoms with Crippen LogP contribution in [0.3, 0.4) is 0 Å². The van der Waals surface area contributed by atoms with E-state index in [1.807, 2.05) is 32.0 Å². The maximum Gasteiger partial charge on any atom is 0.416 e. The minimum Gasteiger partial charge on any atom is -0.491 e. The molecule has 0 saturated heterocycles. The molecule has 2 aromatic rings. The highest BCUT2D eigenvalue weighted by Crippen LogP contribution is 2.30. The summed E-state index contributed by atoms with van der Waals surface area (Å²) in [6, 6.07) is 12.9. The van der Waals surface area contributed by atoms with E-state index in [1.54, 1.807) is 11.8 Å². The third-order valence-electron chi connectivity index (χ3n) is 3.45. The monoisotopic (exact) mass is 370 g/mol. The predicted octanol–water partition coefficient (Wildman–Crippen LogP) is 5.59. The Kier molecular flexibility index (Phi) is 7.20. The lowest BCUT2D eigenvalue weighted by molar-refractivity contribution is -0.137. The maximum absolute atomic E-state index is 12.6. The molecule has 136 valence electrons. The molecule has 0 amide bonds. The van der Waals surface area contributed by atoms with Crippen LogP contribution in [-0.4, -0.2) is 25.1 Å². The Balaban J connectivity index is 1.88. The van der Waals surface area contributed by atoms with Gasteiger partial charge in [-0.1, -0.05) is 17.7 Å². The van der Waals surface area contributed by atoms with Gasteiger partial charge in [0.1, 0.15) is 18.5 Å². The zero-order valence-electron chi connectivity index (χ0n) is 14.2. The van der Waals surface area contributed by atoms with Gasteiger partial charge in [0.2, 0.25) is 0 Å². The molecule has 2 nitrogen and oxygen atoms in total. The molecule has 25 heavy (non-hydrogen) atoms. The summed E-state index contributed by atoms with van der Waals surface area (Å²) in [5, 5.41) is 0. The summed E-state index contributed by atoms with van der Waals surface area (Å²) in [6.07, 6.45) is -4.48. The molecule has 2 aromatic carbocycles. The second-order valence-corrected chi connectivity index (χ2v) is 6.63. The van der Waals surface area contributed by atoms with E-state index in [-0.39, 0.29) is 12.7 Å². The number of aryl methyl sites for hydroxylation is 1. The van der Waals surface area contributed by atoms with E-state index in [1.165, 1.54) is 17.7 Å². The van der Waals surface area contributed by atoms with Crippen LogP contribution in [-0.2, 0) is 10.9 Å². The standard InChI is InChI=1S/C19H21F3O2S/c1-3-23-17(13-25-18-6-4-5-14(2)11-18)12-24-16-9-7-15(8-10-16)19(20,21)22/h4-11,17H,3,12-13H2,1-2H3/t17-/m0/s1. The normalized spacial score (nSPS) is 12.8. The molecule has 0 radical (unpaired) electrons. The molecule has 2 rings (SSSR count). The molecule has 0 aliphatic rings. The Hall–Kier alpha value is -1.66. The molecule has 0 unspecified atom stereocenters. The smallest absolute Gasteiger partial charge is 0.416 e. The number of hydrogen-bond donors (Lipinski definition) is 0. The lowest BCUT2D eigenvalue weighted by Crippen LogP contribution is -2.24. The number of halogens is 3. The quantitative estimate of drug-likeness (QED) is 0.564. The molecule has 0 bridgehead atoms. The fourth-order valence-electron chi connectivity index (χ4n) is 2.20. The number of thioether (sulfide) groups is 1. The third-order valence-corrected chi connectivity index (χ3v) is 4.57. The molecule has 0 spiro atoms. The molecular weight excluding hydrogens is 349 g/mol. The molecular formula is C19H21F3O2S. The van der Waals surface area contributed by atoms with Crippen molar-refractivity contribution < 1.29 is 22.6 Å². The molecule has 0 heterocycles. The van der Waals surface area contributed by atoms with E-state index in [9.17, 15) is 13.2 Å². The van der Waals surface area contributed by atoms with Gasteiger partial charge in [-0.05, 0) is 50.2 Å². The van der Waals surface area contributed by atoms with E-state index >= 15 is 0 Å². The average Bonchev–Trinajstić information content (AvgIpc) is 2.57. The Morgan fingerprint density at radius 1 is 1.08 bits per heavy atom. The first-order valence-electron chi connectivity index (χ1n) is 7.99. The van der Waals surface area contributed by atoms with Crippen molar-refractivity contribution in [1.29, 1.82) is 0 Å². The SMILES string of the molecule is CCO[C@@H](COc1ccc(C(F)(F)F)cc1)CSc1cccc(C)c1. The van der Waals surface area contributed by atoms with Gasteiger partial charge in [0.25, 0.3) is 0 Å². The highest BCUT2D eigenvalue weighted by Gasteiger charge is 2.30. The number of benzene rings is 2. The highest BCUT2D eigenvalue weighted by atomic mass is 32.2. The summed E-state index contributed by atoms with van der Waals surface area (Å²) in [6.45, 7) is 4.79. The van der Waals surface area contributed by atoms with Crippen LogP contribution in [0.5, 0.6) is 5.75 Å². The summed E-state index contributed by atoms with van der Waals surface area (Å²) in [7, 11) is 0. The van der Waals surface area contributed by atoms with Crippen LogP contribution in [0, 0.1) is 6.92 Å². The van der Waals surface area contributed by atoms with Crippen LogP contribution in [0.4, 0.5) is 13.2 Å². The van der Waals surface area contributed by atoms with E-state index in [0.29, 0.717) is 18.1 Å². The molecule has 0 aliphatic heterocycles. The van der Waals surface area contributed by atoms with Crippen LogP contribution in [0.15, 0.2) is 53.4 Å². The first-order valence-corrected chi connectivity index (χ1v) is 8.98. The topological polar surface area (TPSA) is 18.5 Å². The summed E-state index contributed by atoms with van der Waals surface area (Å²) in [5.41, 5.74) is 0.509. The zero-order chi connectivity index (χ0) is 18.3. The van der Waals surface area contributed by atoms with Gasteiger partial charge < -0.3 is 9.47 Å². The number of hydrogen-bond acceptors (Lipinski definition) is 3. The van der Waals surface area contributed by atoms with Crippen molar-refractivity contribution in [3.05, 3.63) is 59.7 Å². The van der Waals surface area contributed by atoms with Gasteiger partial charge in [0.05, 0.1) is 5.56 Å². The molecule has 0 aliphatic carbocycles. The molecule has 6 heteroatoms. The average molecular weight is 370 g/mol. The summed E-state index contributed by atoms with van der Waals surface area (Å²) in [5.74, 6) is 1.11. The molecule has 0 saturated carbocycles. The second kappa shape index (κ2) is 9.15. The van der Waals surface area contributed by atoms with Gasteiger partial charge in [-0.2, -0.15) is 13.2 Å². The van der Waals surface area contributed by atoms with Crippen molar-refractivity contribution in [2.75, 3.05) is 19.0 Å². The minimum absolute atomic E-state index is 0.141. The Morgan fingerprint density at radius 2 is 1.80 bits per heavy atom. The van der Waals surface area contributed by atoms with E-state index < -0.39 is 11.7 Å². The molecule has 1 atom stereocenters. The van der Waals surface area contributed by atoms with Crippen molar-refractivity contribution in [1.82, 2.24) is 0 Å². The number of ether oxygens (including phenoxy) is 2. The molecule has 0 N–H and O–H groups in total. The first-order chi connectivity index (χ1) is 11.9. The summed E-state index contributed by atoms with van der Waals surface area (Å²) < 4.78 is 48.9. The highest BCUT2D eigenvalue weighted by molar-refractivity contribution is 7.99. The Labute approximate surface area is 150 Å². The van der Waals surface area contributed by atoms with Crippen LogP contribution in [0.25, 0.3) is 0 Å². The van der Waals surface area contributed by atoms with E-state index in [2.05, 4.69) is 6.07 Å². The summed E-state index contributed by atoms with van der Waals surface area (Å²) in [4.78, 5) is 1.15.